The lowest BCUT2D eigenvalue weighted by Gasteiger charge is -2.16. The molecule has 1 aliphatic heterocycles. The summed E-state index contributed by atoms with van der Waals surface area (Å²) in [6, 6.07) is 6.80. The van der Waals surface area contributed by atoms with Crippen LogP contribution in [0.25, 0.3) is 0 Å². The molecule has 0 aliphatic carbocycles. The van der Waals surface area contributed by atoms with Crippen LogP contribution >= 0.6 is 15.9 Å². The molecule has 0 saturated carbocycles. The van der Waals surface area contributed by atoms with Crippen LogP contribution in [0.3, 0.4) is 0 Å². The fraction of sp³-hybridized carbons (Fsp3) is 0.571. The lowest BCUT2D eigenvalue weighted by molar-refractivity contribution is 0.331. The molecule has 2 rings (SSSR count). The van der Waals surface area contributed by atoms with Crippen molar-refractivity contribution < 1.29 is 0 Å². The first-order valence-corrected chi connectivity index (χ1v) is 7.23. The summed E-state index contributed by atoms with van der Waals surface area (Å²) in [7, 11) is 2.00. The maximum absolute atomic E-state index is 3.70. The van der Waals surface area contributed by atoms with Crippen molar-refractivity contribution in [3.63, 3.8) is 0 Å². The van der Waals surface area contributed by atoms with Gasteiger partial charge in [-0.05, 0) is 63.1 Å². The van der Waals surface area contributed by atoms with Gasteiger partial charge in [-0.25, -0.2) is 0 Å². The minimum Gasteiger partial charge on any atom is -0.319 e. The average Bonchev–Trinajstić information content (AvgIpc) is 2.82. The van der Waals surface area contributed by atoms with E-state index in [0.29, 0.717) is 0 Å². The van der Waals surface area contributed by atoms with Gasteiger partial charge in [-0.1, -0.05) is 28.1 Å². The number of likely N-dealkylation sites (N-methyl/N-ethyl adjacent to an activating group) is 1. The van der Waals surface area contributed by atoms with Gasteiger partial charge in [0.15, 0.2) is 0 Å². The van der Waals surface area contributed by atoms with E-state index in [1.165, 1.54) is 41.5 Å². The Bertz CT molecular complexity index is 359. The summed E-state index contributed by atoms with van der Waals surface area (Å²) in [5.74, 6) is 0. The number of nitrogens with zero attached hydrogens (tertiary/aromatic N) is 1. The summed E-state index contributed by atoms with van der Waals surface area (Å²) < 4.78 is 1.26. The Morgan fingerprint density at radius 2 is 2.06 bits per heavy atom. The van der Waals surface area contributed by atoms with E-state index in [2.05, 4.69) is 44.3 Å². The first kappa shape index (κ1) is 13.1. The molecule has 0 unspecified atom stereocenters. The highest BCUT2D eigenvalue weighted by Gasteiger charge is 2.13. The van der Waals surface area contributed by atoms with Gasteiger partial charge < -0.3 is 5.32 Å². The predicted molar refractivity (Wildman–Crippen MR) is 76.3 cm³/mol. The van der Waals surface area contributed by atoms with Crippen LogP contribution in [-0.2, 0) is 13.0 Å². The normalized spacial score (nSPS) is 16.6. The van der Waals surface area contributed by atoms with E-state index in [0.717, 1.165) is 19.5 Å². The minimum absolute atomic E-state index is 1.04. The van der Waals surface area contributed by atoms with Gasteiger partial charge in [-0.3, -0.25) is 4.90 Å². The maximum Gasteiger partial charge on any atom is 0.0244 e. The topological polar surface area (TPSA) is 15.3 Å². The first-order valence-electron chi connectivity index (χ1n) is 6.44. The van der Waals surface area contributed by atoms with Crippen molar-refractivity contribution >= 4 is 15.9 Å². The van der Waals surface area contributed by atoms with Crippen molar-refractivity contribution in [1.82, 2.24) is 10.2 Å². The van der Waals surface area contributed by atoms with Crippen LogP contribution in [0.15, 0.2) is 22.7 Å². The van der Waals surface area contributed by atoms with E-state index in [1.54, 1.807) is 0 Å². The standard InChI is InChI=1S/C14H21BrN2/c1-16-7-6-12-4-5-13(14(15)10-12)11-17-8-2-3-9-17/h4-5,10,16H,2-3,6-9,11H2,1H3. The molecule has 1 aromatic carbocycles. The molecule has 0 bridgehead atoms. The number of hydrogen-bond acceptors (Lipinski definition) is 2. The summed E-state index contributed by atoms with van der Waals surface area (Å²) in [5.41, 5.74) is 2.82. The Hall–Kier alpha value is -0.380. The van der Waals surface area contributed by atoms with E-state index >= 15 is 0 Å². The number of halogens is 1. The molecule has 1 heterocycles. The second kappa shape index (κ2) is 6.53. The van der Waals surface area contributed by atoms with Crippen LogP contribution in [-0.4, -0.2) is 31.6 Å². The summed E-state index contributed by atoms with van der Waals surface area (Å²) in [5, 5.41) is 3.19. The fourth-order valence-corrected chi connectivity index (χ4v) is 2.88. The lowest BCUT2D eigenvalue weighted by atomic mass is 10.1. The highest BCUT2D eigenvalue weighted by molar-refractivity contribution is 9.10. The van der Waals surface area contributed by atoms with Gasteiger partial charge in [0.05, 0.1) is 0 Å². The van der Waals surface area contributed by atoms with E-state index in [1.807, 2.05) is 7.05 Å². The van der Waals surface area contributed by atoms with Gasteiger partial charge >= 0.3 is 0 Å². The van der Waals surface area contributed by atoms with Crippen LogP contribution in [0, 0.1) is 0 Å². The van der Waals surface area contributed by atoms with Crippen LogP contribution in [0.1, 0.15) is 24.0 Å². The number of nitrogens with one attached hydrogen (secondary N) is 1. The van der Waals surface area contributed by atoms with Crippen LogP contribution in [0.5, 0.6) is 0 Å². The third kappa shape index (κ3) is 3.80. The molecule has 1 N–H and O–H groups in total. The number of benzene rings is 1. The summed E-state index contributed by atoms with van der Waals surface area (Å²) >= 11 is 3.70. The van der Waals surface area contributed by atoms with Crippen molar-refractivity contribution in [1.29, 1.82) is 0 Å². The SMILES string of the molecule is CNCCc1ccc(CN2CCCC2)c(Br)c1. The van der Waals surface area contributed by atoms with Crippen molar-refractivity contribution in [2.45, 2.75) is 25.8 Å². The molecule has 0 spiro atoms. The average molecular weight is 297 g/mol. The van der Waals surface area contributed by atoms with Crippen LogP contribution in [0.2, 0.25) is 0 Å². The Morgan fingerprint density at radius 1 is 1.29 bits per heavy atom. The van der Waals surface area contributed by atoms with E-state index in [-0.39, 0.29) is 0 Å². The smallest absolute Gasteiger partial charge is 0.0244 e. The molecule has 0 atom stereocenters. The number of likely N-dealkylation sites (tertiary alicyclic amines) is 1. The highest BCUT2D eigenvalue weighted by atomic mass is 79.9. The molecule has 1 saturated heterocycles. The fourth-order valence-electron chi connectivity index (χ4n) is 2.33. The third-order valence-electron chi connectivity index (χ3n) is 3.37. The van der Waals surface area contributed by atoms with Gasteiger partial charge in [-0.15, -0.1) is 0 Å². The molecule has 0 aromatic heterocycles. The zero-order chi connectivity index (χ0) is 12.1. The monoisotopic (exact) mass is 296 g/mol. The zero-order valence-corrected chi connectivity index (χ0v) is 12.1. The molecule has 1 aromatic rings. The second-order valence-corrected chi connectivity index (χ2v) is 5.62. The Kier molecular flexibility index (Phi) is 5.01. The second-order valence-electron chi connectivity index (χ2n) is 4.76. The number of hydrogen-bond donors (Lipinski definition) is 1. The Balaban J connectivity index is 1.98. The van der Waals surface area contributed by atoms with Crippen molar-refractivity contribution in [3.05, 3.63) is 33.8 Å². The molecular weight excluding hydrogens is 276 g/mol. The number of rotatable bonds is 5. The molecular formula is C14H21BrN2. The molecule has 17 heavy (non-hydrogen) atoms. The maximum atomic E-state index is 3.70. The van der Waals surface area contributed by atoms with Gasteiger partial charge in [0.2, 0.25) is 0 Å². The molecule has 1 fully saturated rings. The lowest BCUT2D eigenvalue weighted by Crippen LogP contribution is -2.18. The first-order chi connectivity index (χ1) is 8.29. The van der Waals surface area contributed by atoms with Gasteiger partial charge in [0.1, 0.15) is 0 Å². The molecule has 1 aliphatic rings. The molecule has 2 nitrogen and oxygen atoms in total. The largest absolute Gasteiger partial charge is 0.319 e. The van der Waals surface area contributed by atoms with E-state index < -0.39 is 0 Å². The molecule has 3 heteroatoms. The summed E-state index contributed by atoms with van der Waals surface area (Å²) in [6.45, 7) is 4.65. The van der Waals surface area contributed by atoms with E-state index in [4.69, 9.17) is 0 Å². The van der Waals surface area contributed by atoms with Crippen LogP contribution < -0.4 is 5.32 Å². The van der Waals surface area contributed by atoms with Gasteiger partial charge in [0.25, 0.3) is 0 Å². The Morgan fingerprint density at radius 3 is 2.71 bits per heavy atom. The van der Waals surface area contributed by atoms with Gasteiger partial charge in [0, 0.05) is 11.0 Å². The molecule has 0 amide bonds. The minimum atomic E-state index is 1.04. The summed E-state index contributed by atoms with van der Waals surface area (Å²) in [6.07, 6.45) is 3.81. The predicted octanol–water partition coefficient (Wildman–Crippen LogP) is 2.81. The van der Waals surface area contributed by atoms with E-state index in [9.17, 15) is 0 Å². The molecule has 0 radical (unpaired) electrons. The summed E-state index contributed by atoms with van der Waals surface area (Å²) in [4.78, 5) is 2.54. The Labute approximate surface area is 113 Å². The quantitative estimate of drug-likeness (QED) is 0.899. The third-order valence-corrected chi connectivity index (χ3v) is 4.11. The highest BCUT2D eigenvalue weighted by Crippen LogP contribution is 2.22. The molecule has 94 valence electrons. The van der Waals surface area contributed by atoms with Gasteiger partial charge in [-0.2, -0.15) is 0 Å². The van der Waals surface area contributed by atoms with Crippen molar-refractivity contribution in [3.8, 4) is 0 Å². The van der Waals surface area contributed by atoms with Crippen molar-refractivity contribution in [2.24, 2.45) is 0 Å². The zero-order valence-electron chi connectivity index (χ0n) is 10.5. The van der Waals surface area contributed by atoms with Crippen LogP contribution in [0.4, 0.5) is 0 Å². The van der Waals surface area contributed by atoms with Crippen molar-refractivity contribution in [2.75, 3.05) is 26.7 Å².